The van der Waals surface area contributed by atoms with Crippen molar-refractivity contribution in [1.29, 1.82) is 5.26 Å². The van der Waals surface area contributed by atoms with Crippen LogP contribution in [0.1, 0.15) is 6.42 Å². The van der Waals surface area contributed by atoms with Crippen LogP contribution >= 0.6 is 0 Å². The van der Waals surface area contributed by atoms with E-state index in [1.165, 1.54) is 6.07 Å². The number of carboxylic acids is 1. The zero-order chi connectivity index (χ0) is 11.8. The zero-order valence-electron chi connectivity index (χ0n) is 8.10. The lowest BCUT2D eigenvalue weighted by Gasteiger charge is -1.87. The summed E-state index contributed by atoms with van der Waals surface area (Å²) in [7, 11) is 0. The van der Waals surface area contributed by atoms with Gasteiger partial charge in [-0.2, -0.15) is 5.26 Å². The number of nitrogens with two attached hydrogens (primary N) is 3. The van der Waals surface area contributed by atoms with Gasteiger partial charge in [0.15, 0.2) is 0 Å². The Kier molecular flexibility index (Phi) is 7.61. The van der Waals surface area contributed by atoms with Crippen molar-refractivity contribution in [2.45, 2.75) is 6.42 Å². The summed E-state index contributed by atoms with van der Waals surface area (Å²) < 4.78 is 0. The average molecular weight is 229 g/mol. The Balaban J connectivity index is 0. The molecule has 0 aliphatic rings. The number of anilines is 3. The molecule has 1 aromatic heterocycles. The summed E-state index contributed by atoms with van der Waals surface area (Å²) in [6.45, 7) is 0. The number of H-pyrrole nitrogens is 1. The Hall–Kier alpha value is -2.67. The lowest BCUT2D eigenvalue weighted by atomic mass is 10.5. The Labute approximate surface area is 90.0 Å². The van der Waals surface area contributed by atoms with E-state index in [-0.39, 0.29) is 23.3 Å². The molecule has 0 aromatic carbocycles. The molecule has 10 heteroatoms. The summed E-state index contributed by atoms with van der Waals surface area (Å²) in [6, 6.07) is 1.41. The second kappa shape index (κ2) is 7.71. The molecule has 16 heavy (non-hydrogen) atoms. The van der Waals surface area contributed by atoms with Crippen molar-refractivity contribution >= 4 is 23.8 Å². The molecular formula is C6H11N7O3. The highest BCUT2D eigenvalue weighted by molar-refractivity contribution is 5.66. The van der Waals surface area contributed by atoms with E-state index >= 15 is 0 Å². The summed E-state index contributed by atoms with van der Waals surface area (Å²) in [6.07, 6.45) is -0.514. The Morgan fingerprint density at radius 3 is 2.00 bits per heavy atom. The minimum Gasteiger partial charge on any atom is -0.549 e. The van der Waals surface area contributed by atoms with Crippen LogP contribution in [0, 0.1) is 11.3 Å². The number of aliphatic carboxylic acids is 1. The van der Waals surface area contributed by atoms with E-state index in [4.69, 9.17) is 22.5 Å². The molecule has 0 atom stereocenters. The van der Waals surface area contributed by atoms with Crippen LogP contribution in [0.2, 0.25) is 0 Å². The summed E-state index contributed by atoms with van der Waals surface area (Å²) in [4.78, 5) is 18.8. The van der Waals surface area contributed by atoms with Crippen LogP contribution in [0.3, 0.4) is 0 Å². The quantitative estimate of drug-likeness (QED) is 0.428. The van der Waals surface area contributed by atoms with Gasteiger partial charge in [0.1, 0.15) is 0 Å². The highest BCUT2D eigenvalue weighted by atomic mass is 16.4. The molecule has 0 spiro atoms. The first kappa shape index (κ1) is 15.8. The maximum Gasteiger partial charge on any atom is 0.320 e. The van der Waals surface area contributed by atoms with Gasteiger partial charge in [-0.05, 0) is 0 Å². The molecule has 1 heterocycles. The number of carbonyl (C=O) groups excluding carboxylic acids is 1. The standard InChI is InChI=1S/C3H6N6.C3H3NO2.H2O/c4-1-7-2(5)9-3(6)8-1;4-2-1-3(5)6;/h(H6,4,5,6,7,8,9);1H2,(H,5,6);1H2. The van der Waals surface area contributed by atoms with E-state index < -0.39 is 12.4 Å². The minimum absolute atomic E-state index is 0. The number of aromatic amines is 1. The highest BCUT2D eigenvalue weighted by Crippen LogP contribution is 1.91. The van der Waals surface area contributed by atoms with Crippen molar-refractivity contribution < 1.29 is 20.4 Å². The topological polar surface area (TPSA) is 213 Å². The third-order valence-corrected chi connectivity index (χ3v) is 0.950. The number of hydrogen-bond donors (Lipinski definition) is 3. The fraction of sp³-hybridized carbons (Fsp3) is 0.167. The zero-order valence-corrected chi connectivity index (χ0v) is 8.10. The molecule has 1 rings (SSSR count). The first-order chi connectivity index (χ1) is 6.95. The van der Waals surface area contributed by atoms with Crippen molar-refractivity contribution in [1.82, 2.24) is 9.97 Å². The number of nitriles is 1. The number of rotatable bonds is 1. The van der Waals surface area contributed by atoms with E-state index in [0.717, 1.165) is 0 Å². The van der Waals surface area contributed by atoms with Crippen molar-refractivity contribution in [2.24, 2.45) is 0 Å². The Bertz CT molecular complexity index is 338. The van der Waals surface area contributed by atoms with Gasteiger partial charge in [0.25, 0.3) is 0 Å². The van der Waals surface area contributed by atoms with Crippen molar-refractivity contribution in [2.75, 3.05) is 17.2 Å². The molecule has 0 saturated heterocycles. The number of carbonyl (C=O) groups is 1. The molecule has 88 valence electrons. The largest absolute Gasteiger partial charge is 0.549 e. The molecule has 10 nitrogen and oxygen atoms in total. The highest BCUT2D eigenvalue weighted by Gasteiger charge is 2.01. The van der Waals surface area contributed by atoms with Gasteiger partial charge in [0, 0.05) is 0 Å². The maximum atomic E-state index is 9.27. The van der Waals surface area contributed by atoms with Gasteiger partial charge < -0.3 is 32.6 Å². The number of carboxylic acid groups (broad SMARTS) is 1. The number of hydrogen-bond acceptors (Lipinski definition) is 8. The van der Waals surface area contributed by atoms with Crippen LogP contribution in [0.4, 0.5) is 17.8 Å². The molecule has 0 saturated carbocycles. The molecule has 0 aliphatic carbocycles. The monoisotopic (exact) mass is 229 g/mol. The molecular weight excluding hydrogens is 218 g/mol. The van der Waals surface area contributed by atoms with Crippen molar-refractivity contribution in [3.05, 3.63) is 0 Å². The predicted octanol–water partition coefficient (Wildman–Crippen LogP) is -4.14. The van der Waals surface area contributed by atoms with Gasteiger partial charge in [-0.15, -0.1) is 0 Å². The SMILES string of the molecule is N#CCC(=O)[O-].Nc1nc(N)[nH+]c(N)n1.O. The third kappa shape index (κ3) is 7.95. The van der Waals surface area contributed by atoms with Gasteiger partial charge in [-0.25, -0.2) is 4.98 Å². The first-order valence-corrected chi connectivity index (χ1v) is 3.60. The van der Waals surface area contributed by atoms with Gasteiger partial charge in [0.2, 0.25) is 0 Å². The third-order valence-electron chi connectivity index (χ3n) is 0.950. The first-order valence-electron chi connectivity index (χ1n) is 3.60. The van der Waals surface area contributed by atoms with Crippen molar-refractivity contribution in [3.63, 3.8) is 0 Å². The van der Waals surface area contributed by atoms with E-state index in [9.17, 15) is 9.90 Å². The van der Waals surface area contributed by atoms with Crippen LogP contribution in [0.15, 0.2) is 0 Å². The van der Waals surface area contributed by atoms with Crippen LogP contribution in [0.5, 0.6) is 0 Å². The lowest BCUT2D eigenvalue weighted by Crippen LogP contribution is -2.20. The molecule has 0 fully saturated rings. The molecule has 9 N–H and O–H groups in total. The molecule has 0 bridgehead atoms. The lowest BCUT2D eigenvalue weighted by molar-refractivity contribution is -0.350. The summed E-state index contributed by atoms with van der Waals surface area (Å²) in [5.74, 6) is -0.916. The van der Waals surface area contributed by atoms with E-state index in [0.29, 0.717) is 0 Å². The molecule has 0 radical (unpaired) electrons. The number of nitrogens with zero attached hydrogens (tertiary/aromatic N) is 3. The number of nitrogens with one attached hydrogen (secondary N) is 1. The van der Waals surface area contributed by atoms with Gasteiger partial charge in [-0.1, -0.05) is 9.97 Å². The normalized spacial score (nSPS) is 7.69. The van der Waals surface area contributed by atoms with E-state index in [2.05, 4.69) is 15.0 Å². The molecule has 0 unspecified atom stereocenters. The number of nitrogen functional groups attached to an aromatic ring is 3. The summed E-state index contributed by atoms with van der Waals surface area (Å²) in [5, 5.41) is 16.8. The van der Waals surface area contributed by atoms with Crippen LogP contribution in [-0.4, -0.2) is 21.4 Å². The Morgan fingerprint density at radius 2 is 1.81 bits per heavy atom. The van der Waals surface area contributed by atoms with Crippen LogP contribution in [0.25, 0.3) is 0 Å². The smallest absolute Gasteiger partial charge is 0.320 e. The number of aromatic nitrogens is 3. The van der Waals surface area contributed by atoms with Crippen LogP contribution < -0.4 is 27.3 Å². The minimum atomic E-state index is -1.32. The maximum absolute atomic E-state index is 9.27. The summed E-state index contributed by atoms with van der Waals surface area (Å²) >= 11 is 0. The fourth-order valence-electron chi connectivity index (χ4n) is 0.523. The summed E-state index contributed by atoms with van der Waals surface area (Å²) in [5.41, 5.74) is 15.5. The van der Waals surface area contributed by atoms with Crippen molar-refractivity contribution in [3.8, 4) is 6.07 Å². The van der Waals surface area contributed by atoms with Gasteiger partial charge in [0.05, 0.1) is 18.5 Å². The average Bonchev–Trinajstić information content (AvgIpc) is 2.00. The molecule has 0 aliphatic heterocycles. The van der Waals surface area contributed by atoms with E-state index in [1.54, 1.807) is 0 Å². The Morgan fingerprint density at radius 1 is 1.38 bits per heavy atom. The molecule has 1 aromatic rings. The molecule has 0 amide bonds. The second-order valence-electron chi connectivity index (χ2n) is 2.18. The fourth-order valence-corrected chi connectivity index (χ4v) is 0.523. The van der Waals surface area contributed by atoms with E-state index in [1.807, 2.05) is 0 Å². The van der Waals surface area contributed by atoms with Gasteiger partial charge in [-0.3, -0.25) is 0 Å². The van der Waals surface area contributed by atoms with Crippen LogP contribution in [-0.2, 0) is 4.79 Å². The van der Waals surface area contributed by atoms with Gasteiger partial charge >= 0.3 is 17.8 Å². The second-order valence-corrected chi connectivity index (χ2v) is 2.18. The predicted molar refractivity (Wildman–Crippen MR) is 50.7 cm³/mol.